The standard InChI is InChI=1S/C17H20N4O2S2/c1-10-4-5-12-13(7-10)25-16(19-12)20-14(22)8-11-9-24-17(18-11)21-6-2-3-15(21)23/h9-10H,2-8H2,1H3,(H,19,20,22)/t10-/m0/s1. The first-order valence-corrected chi connectivity index (χ1v) is 10.3. The lowest BCUT2D eigenvalue weighted by Gasteiger charge is -2.15. The van der Waals surface area contributed by atoms with E-state index in [1.165, 1.54) is 22.6 Å². The van der Waals surface area contributed by atoms with Crippen LogP contribution in [0.3, 0.4) is 0 Å². The summed E-state index contributed by atoms with van der Waals surface area (Å²) >= 11 is 3.01. The molecule has 0 bridgehead atoms. The number of hydrogen-bond donors (Lipinski definition) is 1. The number of aryl methyl sites for hydroxylation is 1. The van der Waals surface area contributed by atoms with Crippen molar-refractivity contribution in [2.45, 2.75) is 45.4 Å². The molecule has 0 radical (unpaired) electrons. The van der Waals surface area contributed by atoms with Crippen molar-refractivity contribution in [3.05, 3.63) is 21.6 Å². The predicted octanol–water partition coefficient (Wildman–Crippen LogP) is 3.03. The van der Waals surface area contributed by atoms with Gasteiger partial charge in [-0.1, -0.05) is 6.92 Å². The van der Waals surface area contributed by atoms with Crippen LogP contribution in [0.2, 0.25) is 0 Å². The third kappa shape index (κ3) is 3.59. The van der Waals surface area contributed by atoms with Gasteiger partial charge in [0, 0.05) is 23.2 Å². The summed E-state index contributed by atoms with van der Waals surface area (Å²) in [7, 11) is 0. The number of nitrogens with zero attached hydrogens (tertiary/aromatic N) is 3. The van der Waals surface area contributed by atoms with E-state index >= 15 is 0 Å². The number of amides is 2. The Morgan fingerprint density at radius 2 is 2.28 bits per heavy atom. The summed E-state index contributed by atoms with van der Waals surface area (Å²) in [5.41, 5.74) is 1.84. The second kappa shape index (κ2) is 6.84. The van der Waals surface area contributed by atoms with E-state index in [-0.39, 0.29) is 18.2 Å². The van der Waals surface area contributed by atoms with Crippen LogP contribution in [0.4, 0.5) is 10.3 Å². The summed E-state index contributed by atoms with van der Waals surface area (Å²) < 4.78 is 0. The number of anilines is 2. The maximum Gasteiger partial charge on any atom is 0.232 e. The molecule has 1 saturated heterocycles. The molecule has 2 aliphatic rings. The summed E-state index contributed by atoms with van der Waals surface area (Å²) in [5, 5.41) is 6.15. The molecule has 1 fully saturated rings. The van der Waals surface area contributed by atoms with Gasteiger partial charge >= 0.3 is 0 Å². The Kier molecular flexibility index (Phi) is 4.56. The van der Waals surface area contributed by atoms with Crippen molar-refractivity contribution in [1.82, 2.24) is 9.97 Å². The maximum atomic E-state index is 12.3. The Balaban J connectivity index is 1.38. The number of nitrogens with one attached hydrogen (secondary N) is 1. The molecule has 1 aliphatic heterocycles. The molecule has 6 nitrogen and oxygen atoms in total. The van der Waals surface area contributed by atoms with E-state index in [0.717, 1.165) is 31.5 Å². The van der Waals surface area contributed by atoms with Gasteiger partial charge in [-0.25, -0.2) is 9.97 Å². The first-order valence-electron chi connectivity index (χ1n) is 8.61. The fourth-order valence-corrected chi connectivity index (χ4v) is 5.33. The minimum atomic E-state index is -0.108. The largest absolute Gasteiger partial charge is 0.302 e. The third-order valence-electron chi connectivity index (χ3n) is 4.62. The number of carbonyl (C=O) groups excluding carboxylic acids is 2. The molecule has 1 aliphatic carbocycles. The Morgan fingerprint density at radius 1 is 1.40 bits per heavy atom. The first kappa shape index (κ1) is 16.7. The molecule has 2 aromatic rings. The average molecular weight is 377 g/mol. The fourth-order valence-electron chi connectivity index (χ4n) is 3.27. The average Bonchev–Trinajstić information content (AvgIpc) is 3.26. The van der Waals surface area contributed by atoms with Gasteiger partial charge in [-0.15, -0.1) is 22.7 Å². The predicted molar refractivity (Wildman–Crippen MR) is 99.3 cm³/mol. The Labute approximate surface area is 154 Å². The number of aromatic nitrogens is 2. The van der Waals surface area contributed by atoms with Gasteiger partial charge in [0.1, 0.15) is 0 Å². The fraction of sp³-hybridized carbons (Fsp3) is 0.529. The zero-order chi connectivity index (χ0) is 17.4. The highest BCUT2D eigenvalue weighted by atomic mass is 32.1. The van der Waals surface area contributed by atoms with Gasteiger partial charge in [0.25, 0.3) is 0 Å². The number of carbonyl (C=O) groups is 2. The molecule has 132 valence electrons. The minimum absolute atomic E-state index is 0.108. The van der Waals surface area contributed by atoms with Crippen molar-refractivity contribution in [2.24, 2.45) is 5.92 Å². The van der Waals surface area contributed by atoms with Crippen LogP contribution in [0.15, 0.2) is 5.38 Å². The molecular weight excluding hydrogens is 356 g/mol. The van der Waals surface area contributed by atoms with Crippen LogP contribution in [0, 0.1) is 5.92 Å². The first-order chi connectivity index (χ1) is 12.1. The zero-order valence-electron chi connectivity index (χ0n) is 14.1. The Bertz CT molecular complexity index is 813. The number of fused-ring (bicyclic) bond motifs is 1. The van der Waals surface area contributed by atoms with Crippen molar-refractivity contribution in [3.63, 3.8) is 0 Å². The van der Waals surface area contributed by atoms with Crippen molar-refractivity contribution in [1.29, 1.82) is 0 Å². The van der Waals surface area contributed by atoms with Gasteiger partial charge in [-0.3, -0.25) is 14.5 Å². The van der Waals surface area contributed by atoms with E-state index in [2.05, 4.69) is 22.2 Å². The van der Waals surface area contributed by atoms with Crippen LogP contribution in [0.25, 0.3) is 0 Å². The van der Waals surface area contributed by atoms with Crippen LogP contribution < -0.4 is 10.2 Å². The van der Waals surface area contributed by atoms with E-state index in [1.807, 2.05) is 5.38 Å². The van der Waals surface area contributed by atoms with Gasteiger partial charge in [0.2, 0.25) is 11.8 Å². The molecule has 2 amide bonds. The van der Waals surface area contributed by atoms with E-state index in [0.29, 0.717) is 28.3 Å². The van der Waals surface area contributed by atoms with E-state index < -0.39 is 0 Å². The molecule has 3 heterocycles. The molecule has 8 heteroatoms. The summed E-state index contributed by atoms with van der Waals surface area (Å²) in [6.07, 6.45) is 4.90. The summed E-state index contributed by atoms with van der Waals surface area (Å²) in [5.74, 6) is 0.704. The lowest BCUT2D eigenvalue weighted by Crippen LogP contribution is -2.23. The van der Waals surface area contributed by atoms with E-state index in [1.54, 1.807) is 16.2 Å². The van der Waals surface area contributed by atoms with Gasteiger partial charge in [-0.2, -0.15) is 0 Å². The minimum Gasteiger partial charge on any atom is -0.302 e. The van der Waals surface area contributed by atoms with Crippen molar-refractivity contribution < 1.29 is 9.59 Å². The lowest BCUT2D eigenvalue weighted by atomic mass is 9.93. The molecule has 1 N–H and O–H groups in total. The molecule has 2 aromatic heterocycles. The molecule has 0 unspecified atom stereocenters. The van der Waals surface area contributed by atoms with Crippen molar-refractivity contribution >= 4 is 44.8 Å². The summed E-state index contributed by atoms with van der Waals surface area (Å²) in [6.45, 7) is 2.98. The summed E-state index contributed by atoms with van der Waals surface area (Å²) in [6, 6.07) is 0. The van der Waals surface area contributed by atoms with Crippen molar-refractivity contribution in [3.8, 4) is 0 Å². The quantitative estimate of drug-likeness (QED) is 0.890. The molecule has 25 heavy (non-hydrogen) atoms. The second-order valence-corrected chi connectivity index (χ2v) is 8.65. The molecule has 4 rings (SSSR count). The van der Waals surface area contributed by atoms with Gasteiger partial charge < -0.3 is 5.32 Å². The molecule has 1 atom stereocenters. The molecule has 0 aromatic carbocycles. The zero-order valence-corrected chi connectivity index (χ0v) is 15.7. The highest BCUT2D eigenvalue weighted by Gasteiger charge is 2.25. The normalized spacial score (nSPS) is 20.0. The molecule has 0 saturated carbocycles. The Hall–Kier alpha value is -1.80. The maximum absolute atomic E-state index is 12.3. The van der Waals surface area contributed by atoms with Crippen molar-refractivity contribution in [2.75, 3.05) is 16.8 Å². The third-order valence-corrected chi connectivity index (χ3v) is 6.57. The van der Waals surface area contributed by atoms with Crippen LogP contribution >= 0.6 is 22.7 Å². The Morgan fingerprint density at radius 3 is 3.08 bits per heavy atom. The van der Waals surface area contributed by atoms with Gasteiger partial charge in [0.15, 0.2) is 10.3 Å². The number of rotatable bonds is 4. The van der Waals surface area contributed by atoms with Crippen LogP contribution in [0.1, 0.15) is 42.5 Å². The number of thiazole rings is 2. The van der Waals surface area contributed by atoms with Crippen LogP contribution in [-0.4, -0.2) is 28.3 Å². The SMILES string of the molecule is C[C@H]1CCc2nc(NC(=O)Cc3csc(N4CCCC4=O)n3)sc2C1. The second-order valence-electron chi connectivity index (χ2n) is 6.73. The molecule has 0 spiro atoms. The topological polar surface area (TPSA) is 75.2 Å². The highest BCUT2D eigenvalue weighted by Crippen LogP contribution is 2.32. The highest BCUT2D eigenvalue weighted by molar-refractivity contribution is 7.16. The smallest absolute Gasteiger partial charge is 0.232 e. The lowest BCUT2D eigenvalue weighted by molar-refractivity contribution is -0.117. The molecular formula is C17H20N4O2S2. The number of hydrogen-bond acceptors (Lipinski definition) is 6. The van der Waals surface area contributed by atoms with Gasteiger partial charge in [0.05, 0.1) is 17.8 Å². The monoisotopic (exact) mass is 376 g/mol. The van der Waals surface area contributed by atoms with E-state index in [9.17, 15) is 9.59 Å². The summed E-state index contributed by atoms with van der Waals surface area (Å²) in [4.78, 5) is 36.1. The van der Waals surface area contributed by atoms with Crippen LogP contribution in [-0.2, 0) is 28.9 Å². The van der Waals surface area contributed by atoms with Gasteiger partial charge in [-0.05, 0) is 31.6 Å². The van der Waals surface area contributed by atoms with Crippen LogP contribution in [0.5, 0.6) is 0 Å². The van der Waals surface area contributed by atoms with E-state index in [4.69, 9.17) is 0 Å².